The first kappa shape index (κ1) is 7.29. The van der Waals surface area contributed by atoms with Gasteiger partial charge in [0.05, 0.1) is 5.54 Å². The summed E-state index contributed by atoms with van der Waals surface area (Å²) in [5.74, 6) is 1.42. The number of rotatable bonds is 2. The van der Waals surface area contributed by atoms with E-state index in [1.54, 1.807) is 0 Å². The molecule has 2 aliphatic heterocycles. The van der Waals surface area contributed by atoms with Crippen molar-refractivity contribution < 1.29 is 4.79 Å². The van der Waals surface area contributed by atoms with Gasteiger partial charge < -0.3 is 5.32 Å². The third kappa shape index (κ3) is 0.853. The van der Waals surface area contributed by atoms with Gasteiger partial charge in [-0.1, -0.05) is 13.8 Å². The van der Waals surface area contributed by atoms with Crippen molar-refractivity contribution in [3.8, 4) is 0 Å². The topological polar surface area (TPSA) is 29.1 Å². The molecule has 2 heterocycles. The molecule has 1 N–H and O–H groups in total. The lowest BCUT2D eigenvalue weighted by Gasteiger charge is -2.37. The van der Waals surface area contributed by atoms with Crippen LogP contribution in [-0.4, -0.2) is 17.9 Å². The van der Waals surface area contributed by atoms with Crippen molar-refractivity contribution >= 4 is 5.78 Å². The molecule has 62 valence electrons. The highest BCUT2D eigenvalue weighted by Gasteiger charge is 2.55. The minimum absolute atomic E-state index is 0.0706. The fourth-order valence-electron chi connectivity index (χ4n) is 2.40. The van der Waals surface area contributed by atoms with Crippen molar-refractivity contribution in [3.05, 3.63) is 0 Å². The molecule has 3 rings (SSSR count). The van der Waals surface area contributed by atoms with E-state index in [0.717, 1.165) is 25.3 Å². The number of Topliss-reactive ketones (excluding diaryl/α,β-unsaturated/α-hetero) is 1. The van der Waals surface area contributed by atoms with Crippen LogP contribution in [0.2, 0.25) is 0 Å². The van der Waals surface area contributed by atoms with E-state index in [1.165, 1.54) is 0 Å². The Hall–Kier alpha value is -0.370. The summed E-state index contributed by atoms with van der Waals surface area (Å²) >= 11 is 0. The first-order valence-corrected chi connectivity index (χ1v) is 4.43. The number of carbonyl (C=O) groups is 1. The summed E-state index contributed by atoms with van der Waals surface area (Å²) in [6.45, 7) is 5.05. The molecule has 2 nitrogen and oxygen atoms in total. The molecular weight excluding hydrogens is 138 g/mol. The van der Waals surface area contributed by atoms with Crippen LogP contribution in [0.25, 0.3) is 0 Å². The molecule has 11 heavy (non-hydrogen) atoms. The lowest BCUT2D eigenvalue weighted by atomic mass is 9.69. The maximum Gasteiger partial charge on any atom is 0.155 e. The van der Waals surface area contributed by atoms with Gasteiger partial charge in [-0.3, -0.25) is 4.79 Å². The molecule has 0 radical (unpaired) electrons. The number of nitrogens with one attached hydrogen (secondary N) is 1. The van der Waals surface area contributed by atoms with E-state index in [1.807, 2.05) is 13.8 Å². The van der Waals surface area contributed by atoms with Crippen LogP contribution >= 0.6 is 0 Å². The predicted molar refractivity (Wildman–Crippen MR) is 43.3 cm³/mol. The van der Waals surface area contributed by atoms with Gasteiger partial charge >= 0.3 is 0 Å². The average Bonchev–Trinajstić information content (AvgIpc) is 2.40. The van der Waals surface area contributed by atoms with Crippen LogP contribution in [0, 0.1) is 11.8 Å². The van der Waals surface area contributed by atoms with Gasteiger partial charge in [-0.25, -0.2) is 0 Å². The zero-order valence-corrected chi connectivity index (χ0v) is 7.18. The SMILES string of the molecule is CC(C)C(=O)C12CC(CN1)C2. The van der Waals surface area contributed by atoms with Gasteiger partial charge in [0, 0.05) is 5.92 Å². The molecule has 0 spiro atoms. The van der Waals surface area contributed by atoms with E-state index in [4.69, 9.17) is 0 Å². The largest absolute Gasteiger partial charge is 0.305 e. The third-order valence-electron chi connectivity index (χ3n) is 3.00. The number of hydrogen-bond acceptors (Lipinski definition) is 2. The molecule has 3 aliphatic rings. The summed E-state index contributed by atoms with van der Waals surface area (Å²) in [6, 6.07) is 0. The van der Waals surface area contributed by atoms with Crippen molar-refractivity contribution in [3.63, 3.8) is 0 Å². The number of carbonyl (C=O) groups excluding carboxylic acids is 1. The van der Waals surface area contributed by atoms with Crippen LogP contribution in [0.3, 0.4) is 0 Å². The van der Waals surface area contributed by atoms with Crippen LogP contribution in [0.15, 0.2) is 0 Å². The maximum absolute atomic E-state index is 11.6. The standard InChI is InChI=1S/C9H15NO/c1-6(2)8(11)9-3-7(4-9)5-10-9/h6-7,10H,3-5H2,1-2H3. The van der Waals surface area contributed by atoms with Crippen LogP contribution in [0.4, 0.5) is 0 Å². The minimum Gasteiger partial charge on any atom is -0.305 e. The first-order chi connectivity index (χ1) is 5.14. The van der Waals surface area contributed by atoms with Gasteiger partial charge in [0.25, 0.3) is 0 Å². The zero-order chi connectivity index (χ0) is 8.06. The Labute approximate surface area is 67.4 Å². The van der Waals surface area contributed by atoms with Gasteiger partial charge in [0.2, 0.25) is 0 Å². The summed E-state index contributed by atoms with van der Waals surface area (Å²) in [6.07, 6.45) is 2.20. The fourth-order valence-corrected chi connectivity index (χ4v) is 2.40. The second kappa shape index (κ2) is 2.07. The normalized spacial score (nSPS) is 40.8. The van der Waals surface area contributed by atoms with Crippen LogP contribution in [-0.2, 0) is 4.79 Å². The highest BCUT2D eigenvalue weighted by atomic mass is 16.1. The molecule has 1 aliphatic carbocycles. The molecule has 0 aromatic heterocycles. The van der Waals surface area contributed by atoms with Gasteiger partial charge in [0.1, 0.15) is 0 Å². The molecule has 0 unspecified atom stereocenters. The van der Waals surface area contributed by atoms with Crippen molar-refractivity contribution in [2.24, 2.45) is 11.8 Å². The molecule has 2 bridgehead atoms. The maximum atomic E-state index is 11.6. The number of fused-ring (bicyclic) bond motifs is 1. The monoisotopic (exact) mass is 153 g/mol. The smallest absolute Gasteiger partial charge is 0.155 e. The van der Waals surface area contributed by atoms with Crippen molar-refractivity contribution in [2.45, 2.75) is 32.2 Å². The van der Waals surface area contributed by atoms with E-state index >= 15 is 0 Å². The molecular formula is C9H15NO. The van der Waals surface area contributed by atoms with E-state index in [9.17, 15) is 4.79 Å². The Morgan fingerprint density at radius 3 is 2.55 bits per heavy atom. The summed E-state index contributed by atoms with van der Waals surface area (Å²) in [7, 11) is 0. The van der Waals surface area contributed by atoms with E-state index in [-0.39, 0.29) is 11.5 Å². The molecule has 1 saturated carbocycles. The quantitative estimate of drug-likeness (QED) is 0.640. The molecule has 3 fully saturated rings. The van der Waals surface area contributed by atoms with E-state index < -0.39 is 0 Å². The molecule has 0 aromatic carbocycles. The lowest BCUT2D eigenvalue weighted by Crippen LogP contribution is -2.52. The molecule has 0 amide bonds. The van der Waals surface area contributed by atoms with Gasteiger partial charge in [0.15, 0.2) is 5.78 Å². The van der Waals surface area contributed by atoms with E-state index in [2.05, 4.69) is 5.32 Å². The Morgan fingerprint density at radius 1 is 1.55 bits per heavy atom. The Morgan fingerprint density at radius 2 is 2.18 bits per heavy atom. The van der Waals surface area contributed by atoms with Crippen LogP contribution in [0.1, 0.15) is 26.7 Å². The summed E-state index contributed by atoms with van der Waals surface area (Å²) in [5, 5.41) is 3.34. The van der Waals surface area contributed by atoms with Crippen molar-refractivity contribution in [2.75, 3.05) is 6.54 Å². The predicted octanol–water partition coefficient (Wildman–Crippen LogP) is 0.964. The highest BCUT2D eigenvalue weighted by Crippen LogP contribution is 2.45. The Kier molecular flexibility index (Phi) is 1.37. The Bertz CT molecular complexity index is 186. The summed E-state index contributed by atoms with van der Waals surface area (Å²) in [5.41, 5.74) is -0.0706. The molecule has 2 heteroatoms. The molecule has 0 atom stereocenters. The third-order valence-corrected chi connectivity index (χ3v) is 3.00. The van der Waals surface area contributed by atoms with Gasteiger partial charge in [-0.15, -0.1) is 0 Å². The molecule has 0 aromatic rings. The van der Waals surface area contributed by atoms with Crippen molar-refractivity contribution in [1.29, 1.82) is 0 Å². The van der Waals surface area contributed by atoms with Gasteiger partial charge in [-0.2, -0.15) is 0 Å². The van der Waals surface area contributed by atoms with E-state index in [0.29, 0.717) is 5.78 Å². The second-order valence-corrected chi connectivity index (χ2v) is 4.26. The lowest BCUT2D eigenvalue weighted by molar-refractivity contribution is -0.130. The minimum atomic E-state index is -0.0706. The summed E-state index contributed by atoms with van der Waals surface area (Å²) < 4.78 is 0. The zero-order valence-electron chi connectivity index (χ0n) is 7.18. The van der Waals surface area contributed by atoms with Crippen molar-refractivity contribution in [1.82, 2.24) is 5.32 Å². The van der Waals surface area contributed by atoms with Crippen LogP contribution in [0.5, 0.6) is 0 Å². The average molecular weight is 153 g/mol. The fraction of sp³-hybridized carbons (Fsp3) is 0.889. The second-order valence-electron chi connectivity index (χ2n) is 4.26. The van der Waals surface area contributed by atoms with Gasteiger partial charge in [-0.05, 0) is 25.3 Å². The summed E-state index contributed by atoms with van der Waals surface area (Å²) in [4.78, 5) is 11.6. The number of hydrogen-bond donors (Lipinski definition) is 1. The molecule has 2 saturated heterocycles. The first-order valence-electron chi connectivity index (χ1n) is 4.43. The highest BCUT2D eigenvalue weighted by molar-refractivity contribution is 5.91. The Balaban J connectivity index is 2.10. The van der Waals surface area contributed by atoms with Crippen LogP contribution < -0.4 is 5.32 Å². The number of ketones is 1.